The zero-order valence-electron chi connectivity index (χ0n) is 14.1. The highest BCUT2D eigenvalue weighted by molar-refractivity contribution is 6.16. The number of aromatic amines is 1. The van der Waals surface area contributed by atoms with Crippen LogP contribution in [0.5, 0.6) is 0 Å². The molecule has 0 amide bonds. The van der Waals surface area contributed by atoms with Crippen LogP contribution in [-0.2, 0) is 9.53 Å². The lowest BCUT2D eigenvalue weighted by Gasteiger charge is -2.08. The number of aromatic nitrogens is 1. The quantitative estimate of drug-likeness (QED) is 0.580. The van der Waals surface area contributed by atoms with E-state index in [1.807, 2.05) is 54.6 Å². The van der Waals surface area contributed by atoms with E-state index in [0.717, 1.165) is 16.5 Å². The highest BCUT2D eigenvalue weighted by atomic mass is 16.5. The van der Waals surface area contributed by atoms with Crippen molar-refractivity contribution in [3.05, 3.63) is 71.9 Å². The SMILES string of the molecule is COC(=O)[C@@H]1[C@@H](c2ccccc2)[C@@]1(C#N)C(=O)c1c[nH]c2ccccc12. The molecule has 1 saturated carbocycles. The minimum Gasteiger partial charge on any atom is -0.469 e. The smallest absolute Gasteiger partial charge is 0.311 e. The lowest BCUT2D eigenvalue weighted by molar-refractivity contribution is -0.142. The number of esters is 1. The van der Waals surface area contributed by atoms with Crippen molar-refractivity contribution in [2.45, 2.75) is 5.92 Å². The molecule has 0 spiro atoms. The van der Waals surface area contributed by atoms with Crippen molar-refractivity contribution >= 4 is 22.7 Å². The topological polar surface area (TPSA) is 82.9 Å². The Morgan fingerprint density at radius 2 is 1.81 bits per heavy atom. The summed E-state index contributed by atoms with van der Waals surface area (Å²) in [5.41, 5.74) is 0.585. The third-order valence-corrected chi connectivity index (χ3v) is 5.21. The van der Waals surface area contributed by atoms with Gasteiger partial charge in [-0.05, 0) is 11.6 Å². The highest BCUT2D eigenvalue weighted by Gasteiger charge is 2.74. The van der Waals surface area contributed by atoms with Crippen LogP contribution in [0.3, 0.4) is 0 Å². The average molecular weight is 344 g/mol. The van der Waals surface area contributed by atoms with Gasteiger partial charge < -0.3 is 9.72 Å². The number of carbonyl (C=O) groups excluding carboxylic acids is 2. The van der Waals surface area contributed by atoms with Gasteiger partial charge in [0, 0.05) is 28.6 Å². The van der Waals surface area contributed by atoms with Gasteiger partial charge in [0.25, 0.3) is 0 Å². The van der Waals surface area contributed by atoms with Crippen LogP contribution in [-0.4, -0.2) is 23.8 Å². The number of H-pyrrole nitrogens is 1. The zero-order valence-corrected chi connectivity index (χ0v) is 14.1. The maximum Gasteiger partial charge on any atom is 0.311 e. The molecule has 4 rings (SSSR count). The van der Waals surface area contributed by atoms with Crippen molar-refractivity contribution in [1.29, 1.82) is 5.26 Å². The van der Waals surface area contributed by atoms with Crippen LogP contribution in [0.2, 0.25) is 0 Å². The summed E-state index contributed by atoms with van der Waals surface area (Å²) < 4.78 is 4.89. The fourth-order valence-corrected chi connectivity index (χ4v) is 3.91. The molecular weight excluding hydrogens is 328 g/mol. The van der Waals surface area contributed by atoms with E-state index in [9.17, 15) is 14.9 Å². The number of carbonyl (C=O) groups is 2. The molecule has 1 aliphatic rings. The lowest BCUT2D eigenvalue weighted by atomic mass is 9.90. The number of fused-ring (bicyclic) bond motifs is 1. The number of hydrogen-bond acceptors (Lipinski definition) is 4. The van der Waals surface area contributed by atoms with Gasteiger partial charge in [0.2, 0.25) is 0 Å². The second kappa shape index (κ2) is 5.85. The second-order valence-corrected chi connectivity index (χ2v) is 6.45. The van der Waals surface area contributed by atoms with Gasteiger partial charge in [-0.15, -0.1) is 0 Å². The number of benzene rings is 2. The first kappa shape index (κ1) is 16.1. The van der Waals surface area contributed by atoms with Gasteiger partial charge in [-0.2, -0.15) is 5.26 Å². The Morgan fingerprint density at radius 3 is 2.50 bits per heavy atom. The van der Waals surface area contributed by atoms with Crippen molar-refractivity contribution in [2.24, 2.45) is 11.3 Å². The van der Waals surface area contributed by atoms with Crippen molar-refractivity contribution in [3.63, 3.8) is 0 Å². The number of ketones is 1. The first-order valence-electron chi connectivity index (χ1n) is 8.30. The standard InChI is InChI=1S/C21H16N2O3/c1-26-20(25)18-17(13-7-3-2-4-8-13)21(18,12-22)19(24)15-11-23-16-10-6-5-9-14(15)16/h2-11,17-18,23H,1H3/t17-,18+,21-/m1/s1. The number of para-hydroxylation sites is 1. The number of nitrogens with zero attached hydrogens (tertiary/aromatic N) is 1. The number of hydrogen-bond donors (Lipinski definition) is 1. The van der Waals surface area contributed by atoms with E-state index in [1.165, 1.54) is 7.11 Å². The zero-order chi connectivity index (χ0) is 18.3. The van der Waals surface area contributed by atoms with E-state index in [0.29, 0.717) is 5.56 Å². The van der Waals surface area contributed by atoms with E-state index in [2.05, 4.69) is 11.1 Å². The summed E-state index contributed by atoms with van der Waals surface area (Å²) in [6, 6.07) is 18.8. The Kier molecular flexibility index (Phi) is 3.62. The molecule has 1 aromatic heterocycles. The van der Waals surface area contributed by atoms with Crippen LogP contribution in [0, 0.1) is 22.7 Å². The van der Waals surface area contributed by atoms with Crippen LogP contribution in [0.4, 0.5) is 0 Å². The Hall–Kier alpha value is -3.39. The summed E-state index contributed by atoms with van der Waals surface area (Å²) >= 11 is 0. The molecule has 26 heavy (non-hydrogen) atoms. The fourth-order valence-electron chi connectivity index (χ4n) is 3.91. The van der Waals surface area contributed by atoms with Crippen LogP contribution < -0.4 is 0 Å². The van der Waals surface area contributed by atoms with E-state index in [4.69, 9.17) is 4.74 Å². The molecule has 128 valence electrons. The summed E-state index contributed by atoms with van der Waals surface area (Å²) in [5, 5.41) is 10.7. The summed E-state index contributed by atoms with van der Waals surface area (Å²) in [6.07, 6.45) is 1.61. The van der Waals surface area contributed by atoms with Gasteiger partial charge in [0.1, 0.15) is 5.41 Å². The second-order valence-electron chi connectivity index (χ2n) is 6.45. The Bertz CT molecular complexity index is 1050. The first-order valence-corrected chi connectivity index (χ1v) is 8.30. The van der Waals surface area contributed by atoms with Crippen molar-refractivity contribution in [2.75, 3.05) is 7.11 Å². The third-order valence-electron chi connectivity index (χ3n) is 5.21. The molecule has 1 aliphatic carbocycles. The number of methoxy groups -OCH3 is 1. The molecule has 3 aromatic rings. The van der Waals surface area contributed by atoms with E-state index in [-0.39, 0.29) is 5.78 Å². The van der Waals surface area contributed by atoms with Gasteiger partial charge in [-0.3, -0.25) is 9.59 Å². The lowest BCUT2D eigenvalue weighted by Crippen LogP contribution is -2.21. The molecule has 2 aromatic carbocycles. The maximum absolute atomic E-state index is 13.4. The van der Waals surface area contributed by atoms with E-state index in [1.54, 1.807) is 6.20 Å². The maximum atomic E-state index is 13.4. The number of ether oxygens (including phenoxy) is 1. The number of rotatable bonds is 4. The van der Waals surface area contributed by atoms with Crippen molar-refractivity contribution in [3.8, 4) is 6.07 Å². The van der Waals surface area contributed by atoms with E-state index < -0.39 is 23.2 Å². The normalized spacial score (nSPS) is 24.0. The minimum absolute atomic E-state index is 0.346. The molecule has 0 aliphatic heterocycles. The molecule has 1 fully saturated rings. The predicted molar refractivity (Wildman–Crippen MR) is 95.4 cm³/mol. The predicted octanol–water partition coefficient (Wildman–Crippen LogP) is 3.45. The first-order chi connectivity index (χ1) is 12.6. The van der Waals surface area contributed by atoms with Gasteiger partial charge in [0.15, 0.2) is 5.78 Å². The molecule has 1 heterocycles. The fraction of sp³-hybridized carbons (Fsp3) is 0.190. The average Bonchev–Trinajstić information content (AvgIpc) is 3.21. The number of Topliss-reactive ketones (excluding diaryl/α,β-unsaturated/α-hetero) is 1. The minimum atomic E-state index is -1.45. The molecule has 0 radical (unpaired) electrons. The van der Waals surface area contributed by atoms with Crippen LogP contribution >= 0.6 is 0 Å². The van der Waals surface area contributed by atoms with Gasteiger partial charge >= 0.3 is 5.97 Å². The van der Waals surface area contributed by atoms with Crippen molar-refractivity contribution in [1.82, 2.24) is 4.98 Å². The monoisotopic (exact) mass is 344 g/mol. The summed E-state index contributed by atoms with van der Waals surface area (Å²) in [5.74, 6) is -2.20. The Balaban J connectivity index is 1.84. The molecule has 0 saturated heterocycles. The molecule has 5 heteroatoms. The van der Waals surface area contributed by atoms with Crippen LogP contribution in [0.25, 0.3) is 10.9 Å². The summed E-state index contributed by atoms with van der Waals surface area (Å²) in [4.78, 5) is 28.8. The third kappa shape index (κ3) is 2.09. The molecular formula is C21H16N2O3. The van der Waals surface area contributed by atoms with Gasteiger partial charge in [-0.25, -0.2) is 0 Å². The van der Waals surface area contributed by atoms with Crippen LogP contribution in [0.1, 0.15) is 21.8 Å². The number of nitriles is 1. The Labute approximate surface area is 150 Å². The highest BCUT2D eigenvalue weighted by Crippen LogP contribution is 2.66. The molecule has 3 atom stereocenters. The van der Waals surface area contributed by atoms with Gasteiger partial charge in [-0.1, -0.05) is 48.5 Å². The number of nitrogens with one attached hydrogen (secondary N) is 1. The van der Waals surface area contributed by atoms with E-state index >= 15 is 0 Å². The largest absolute Gasteiger partial charge is 0.469 e. The molecule has 1 N–H and O–H groups in total. The Morgan fingerprint density at radius 1 is 1.12 bits per heavy atom. The van der Waals surface area contributed by atoms with Crippen molar-refractivity contribution < 1.29 is 14.3 Å². The van der Waals surface area contributed by atoms with Crippen LogP contribution in [0.15, 0.2) is 60.8 Å². The summed E-state index contributed by atoms with van der Waals surface area (Å²) in [7, 11) is 1.28. The molecule has 0 unspecified atom stereocenters. The molecule has 5 nitrogen and oxygen atoms in total. The van der Waals surface area contributed by atoms with Gasteiger partial charge in [0.05, 0.1) is 19.1 Å². The summed E-state index contributed by atoms with van der Waals surface area (Å²) in [6.45, 7) is 0. The molecule has 0 bridgehead atoms.